The molecule has 0 aromatic heterocycles. The lowest BCUT2D eigenvalue weighted by Gasteiger charge is -2.15. The van der Waals surface area contributed by atoms with Crippen LogP contribution in [0.25, 0.3) is 0 Å². The predicted molar refractivity (Wildman–Crippen MR) is 64.1 cm³/mol. The van der Waals surface area contributed by atoms with Crippen molar-refractivity contribution in [1.29, 1.82) is 0 Å². The zero-order valence-electron chi connectivity index (χ0n) is 10.5. The van der Waals surface area contributed by atoms with Crippen LogP contribution < -0.4 is 10.6 Å². The van der Waals surface area contributed by atoms with Gasteiger partial charge in [0.25, 0.3) is 0 Å². The number of aliphatic carboxylic acids is 1. The van der Waals surface area contributed by atoms with Gasteiger partial charge in [0.05, 0.1) is 12.3 Å². The highest BCUT2D eigenvalue weighted by atomic mass is 32.2. The maximum absolute atomic E-state index is 11.3. The number of rotatable bonds is 7. The number of sulfone groups is 1. The van der Waals surface area contributed by atoms with E-state index in [0.717, 1.165) is 6.26 Å². The van der Waals surface area contributed by atoms with E-state index in [-0.39, 0.29) is 12.3 Å². The zero-order chi connectivity index (χ0) is 14.3. The molecule has 0 spiro atoms. The quantitative estimate of drug-likeness (QED) is 0.540. The summed E-state index contributed by atoms with van der Waals surface area (Å²) in [6, 6.07) is -1.21. The summed E-state index contributed by atoms with van der Waals surface area (Å²) in [4.78, 5) is 21.9. The van der Waals surface area contributed by atoms with Crippen LogP contribution in [0.4, 0.5) is 4.79 Å². The average molecular weight is 282 g/mol. The van der Waals surface area contributed by atoms with Gasteiger partial charge in [0.2, 0.25) is 0 Å². The highest BCUT2D eigenvalue weighted by molar-refractivity contribution is 7.90. The van der Waals surface area contributed by atoms with E-state index in [1.165, 1.54) is 14.0 Å². The Morgan fingerprint density at radius 1 is 1.39 bits per heavy atom. The normalized spacial score (nSPS) is 14.6. The number of methoxy groups -OCH3 is 1. The summed E-state index contributed by atoms with van der Waals surface area (Å²) in [6.45, 7) is 1.33. The van der Waals surface area contributed by atoms with Gasteiger partial charge in [-0.3, -0.25) is 0 Å². The number of amides is 2. The Bertz CT molecular complexity index is 394. The number of nitrogens with one attached hydrogen (secondary N) is 2. The fourth-order valence-corrected chi connectivity index (χ4v) is 2.22. The second kappa shape index (κ2) is 7.17. The Morgan fingerprint density at radius 3 is 2.33 bits per heavy atom. The largest absolute Gasteiger partial charge is 0.479 e. The topological polar surface area (TPSA) is 122 Å². The van der Waals surface area contributed by atoms with Crippen molar-refractivity contribution in [3.05, 3.63) is 0 Å². The van der Waals surface area contributed by atoms with Crippen molar-refractivity contribution in [3.63, 3.8) is 0 Å². The van der Waals surface area contributed by atoms with Gasteiger partial charge in [-0.1, -0.05) is 0 Å². The molecule has 0 aromatic rings. The average Bonchev–Trinajstić information content (AvgIpc) is 2.14. The zero-order valence-corrected chi connectivity index (χ0v) is 11.3. The molecular weight excluding hydrogens is 264 g/mol. The number of hydrogen-bond donors (Lipinski definition) is 3. The lowest BCUT2D eigenvalue weighted by Crippen LogP contribution is -2.47. The van der Waals surface area contributed by atoms with Crippen LogP contribution >= 0.6 is 0 Å². The van der Waals surface area contributed by atoms with E-state index in [1.54, 1.807) is 0 Å². The van der Waals surface area contributed by atoms with Crippen LogP contribution in [-0.4, -0.2) is 63.3 Å². The second-order valence-electron chi connectivity index (χ2n) is 3.91. The maximum Gasteiger partial charge on any atom is 0.334 e. The van der Waals surface area contributed by atoms with Crippen LogP contribution in [0.5, 0.6) is 0 Å². The van der Waals surface area contributed by atoms with E-state index in [9.17, 15) is 18.0 Å². The molecule has 9 heteroatoms. The van der Waals surface area contributed by atoms with E-state index >= 15 is 0 Å². The molecule has 0 heterocycles. The minimum atomic E-state index is -3.18. The molecule has 106 valence electrons. The van der Waals surface area contributed by atoms with Crippen molar-refractivity contribution >= 4 is 21.8 Å². The van der Waals surface area contributed by atoms with Gasteiger partial charge in [0.15, 0.2) is 6.10 Å². The van der Waals surface area contributed by atoms with Gasteiger partial charge in [-0.15, -0.1) is 0 Å². The minimum absolute atomic E-state index is 0.187. The minimum Gasteiger partial charge on any atom is -0.479 e. The molecule has 0 saturated heterocycles. The Morgan fingerprint density at radius 2 is 1.94 bits per heavy atom. The number of carboxylic acid groups (broad SMARTS) is 1. The molecule has 0 aliphatic heterocycles. The van der Waals surface area contributed by atoms with Crippen molar-refractivity contribution in [2.45, 2.75) is 19.1 Å². The SMILES string of the molecule is COC(CNC(=O)NC(C)CS(C)(=O)=O)C(=O)O. The highest BCUT2D eigenvalue weighted by Crippen LogP contribution is 1.91. The molecule has 0 saturated carbocycles. The Labute approximate surface area is 106 Å². The van der Waals surface area contributed by atoms with E-state index in [0.29, 0.717) is 0 Å². The molecule has 2 amide bonds. The van der Waals surface area contributed by atoms with Gasteiger partial charge in [0.1, 0.15) is 9.84 Å². The number of hydrogen-bond acceptors (Lipinski definition) is 5. The molecule has 0 rings (SSSR count). The van der Waals surface area contributed by atoms with Gasteiger partial charge in [-0.25, -0.2) is 18.0 Å². The van der Waals surface area contributed by atoms with Crippen molar-refractivity contribution in [2.24, 2.45) is 0 Å². The molecule has 0 aliphatic rings. The van der Waals surface area contributed by atoms with Crippen LogP contribution in [0.15, 0.2) is 0 Å². The molecule has 0 bridgehead atoms. The van der Waals surface area contributed by atoms with Gasteiger partial charge in [0, 0.05) is 19.4 Å². The Hall–Kier alpha value is -1.35. The van der Waals surface area contributed by atoms with Gasteiger partial charge in [-0.2, -0.15) is 0 Å². The number of urea groups is 1. The predicted octanol–water partition coefficient (Wildman–Crippen LogP) is -1.18. The smallest absolute Gasteiger partial charge is 0.334 e. The molecule has 0 aromatic carbocycles. The molecular formula is C9H18N2O6S. The Balaban J connectivity index is 4.08. The van der Waals surface area contributed by atoms with Crippen molar-refractivity contribution in [3.8, 4) is 0 Å². The summed E-state index contributed by atoms with van der Waals surface area (Å²) >= 11 is 0. The van der Waals surface area contributed by atoms with Crippen LogP contribution in [0.1, 0.15) is 6.92 Å². The first-order valence-electron chi connectivity index (χ1n) is 5.13. The number of carbonyl (C=O) groups excluding carboxylic acids is 1. The summed E-state index contributed by atoms with van der Waals surface area (Å²) in [7, 11) is -1.97. The second-order valence-corrected chi connectivity index (χ2v) is 6.10. The van der Waals surface area contributed by atoms with Crippen LogP contribution in [-0.2, 0) is 19.4 Å². The third-order valence-corrected chi connectivity index (χ3v) is 3.04. The molecule has 8 nitrogen and oxygen atoms in total. The van der Waals surface area contributed by atoms with Gasteiger partial charge >= 0.3 is 12.0 Å². The third-order valence-electron chi connectivity index (χ3n) is 1.94. The first kappa shape index (κ1) is 16.6. The fourth-order valence-electron chi connectivity index (χ4n) is 1.23. The van der Waals surface area contributed by atoms with Gasteiger partial charge in [-0.05, 0) is 6.92 Å². The summed E-state index contributed by atoms with van der Waals surface area (Å²) in [5.74, 6) is -1.38. The fraction of sp³-hybridized carbons (Fsp3) is 0.778. The van der Waals surface area contributed by atoms with E-state index in [1.807, 2.05) is 0 Å². The molecule has 18 heavy (non-hydrogen) atoms. The summed E-state index contributed by atoms with van der Waals surface area (Å²) < 4.78 is 26.5. The molecule has 2 atom stereocenters. The third kappa shape index (κ3) is 7.85. The molecule has 0 aliphatic carbocycles. The molecule has 2 unspecified atom stereocenters. The first-order valence-corrected chi connectivity index (χ1v) is 7.19. The summed E-state index contributed by atoms with van der Waals surface area (Å²) in [6.07, 6.45) is -0.0740. The monoisotopic (exact) mass is 282 g/mol. The summed E-state index contributed by atoms with van der Waals surface area (Å²) in [5.41, 5.74) is 0. The van der Waals surface area contributed by atoms with E-state index in [4.69, 9.17) is 5.11 Å². The highest BCUT2D eigenvalue weighted by Gasteiger charge is 2.18. The summed E-state index contributed by atoms with van der Waals surface area (Å²) in [5, 5.41) is 13.3. The molecule has 0 fully saturated rings. The lowest BCUT2D eigenvalue weighted by atomic mass is 10.3. The standard InChI is InChI=1S/C9H18N2O6S/c1-6(5-18(3,15)16)11-9(14)10-4-7(17-2)8(12)13/h6-7H,4-5H2,1-3H3,(H,12,13)(H2,10,11,14). The van der Waals surface area contributed by atoms with E-state index in [2.05, 4.69) is 15.4 Å². The van der Waals surface area contributed by atoms with Crippen LogP contribution in [0.2, 0.25) is 0 Å². The lowest BCUT2D eigenvalue weighted by molar-refractivity contribution is -0.147. The molecule has 0 radical (unpaired) electrons. The number of ether oxygens (including phenoxy) is 1. The van der Waals surface area contributed by atoms with Crippen molar-refractivity contribution in [2.75, 3.05) is 25.7 Å². The Kier molecular flexibility index (Phi) is 6.63. The number of carbonyl (C=O) groups is 2. The van der Waals surface area contributed by atoms with Gasteiger partial charge < -0.3 is 20.5 Å². The maximum atomic E-state index is 11.3. The van der Waals surface area contributed by atoms with Crippen molar-refractivity contribution in [1.82, 2.24) is 10.6 Å². The van der Waals surface area contributed by atoms with Crippen LogP contribution in [0, 0.1) is 0 Å². The number of carboxylic acids is 1. The molecule has 3 N–H and O–H groups in total. The van der Waals surface area contributed by atoms with E-state index < -0.39 is 34.0 Å². The van der Waals surface area contributed by atoms with Crippen LogP contribution in [0.3, 0.4) is 0 Å². The first-order chi connectivity index (χ1) is 8.15. The van der Waals surface area contributed by atoms with Crippen molar-refractivity contribution < 1.29 is 27.9 Å².